The monoisotopic (exact) mass is 387 g/mol. The Labute approximate surface area is 154 Å². The Morgan fingerprint density at radius 1 is 0.893 bits per heavy atom. The first-order valence-corrected chi connectivity index (χ1v) is 7.51. The number of hydrogen-bond donors (Lipinski definition) is 0. The molecular weight excluding hydrogens is 378 g/mol. The van der Waals surface area contributed by atoms with Crippen LogP contribution in [0.4, 0.5) is 17.1 Å². The summed E-state index contributed by atoms with van der Waals surface area (Å²) in [5.41, 5.74) is -2.64. The highest BCUT2D eigenvalue weighted by Crippen LogP contribution is 2.43. The molecule has 0 unspecified atom stereocenters. The van der Waals surface area contributed by atoms with E-state index in [2.05, 4.69) is 0 Å². The van der Waals surface area contributed by atoms with Crippen molar-refractivity contribution in [3.05, 3.63) is 82.7 Å². The van der Waals surface area contributed by atoms with Crippen molar-refractivity contribution in [2.45, 2.75) is 6.92 Å². The Morgan fingerprint density at radius 3 is 2.04 bits per heavy atom. The molecule has 0 aliphatic heterocycles. The number of nitro groups is 3. The van der Waals surface area contributed by atoms with Crippen molar-refractivity contribution in [1.82, 2.24) is 0 Å². The summed E-state index contributed by atoms with van der Waals surface area (Å²) < 4.78 is 10.4. The van der Waals surface area contributed by atoms with E-state index in [9.17, 15) is 35.1 Å². The number of rotatable bonds is 5. The maximum Gasteiger partial charge on any atom is 0.336 e. The van der Waals surface area contributed by atoms with Gasteiger partial charge in [0, 0.05) is 17.5 Å². The Kier molecular flexibility index (Phi) is 4.45. The third kappa shape index (κ3) is 3.33. The summed E-state index contributed by atoms with van der Waals surface area (Å²) in [5.74, 6) is -0.878. The molecule has 0 aliphatic rings. The number of nitro benzene ring substituents is 3. The second-order valence-electron chi connectivity index (χ2n) is 5.59. The van der Waals surface area contributed by atoms with Crippen molar-refractivity contribution >= 4 is 28.0 Å². The number of non-ortho nitro benzene ring substituents is 1. The molecule has 1 heterocycles. The van der Waals surface area contributed by atoms with Gasteiger partial charge in [0.25, 0.3) is 11.4 Å². The van der Waals surface area contributed by atoms with Gasteiger partial charge in [-0.2, -0.15) is 0 Å². The molecule has 0 saturated heterocycles. The first-order valence-electron chi connectivity index (χ1n) is 7.51. The Bertz CT molecular complexity index is 1180. The van der Waals surface area contributed by atoms with E-state index in [-0.39, 0.29) is 11.3 Å². The second-order valence-corrected chi connectivity index (χ2v) is 5.59. The van der Waals surface area contributed by atoms with Gasteiger partial charge in [0.2, 0.25) is 0 Å². The topological polar surface area (TPSA) is 169 Å². The van der Waals surface area contributed by atoms with Gasteiger partial charge in [-0.05, 0) is 24.6 Å². The molecule has 3 aromatic rings. The standard InChI is InChI=1S/C16H9N3O9/c1-8-4-15(20)28-14-7-10(2-3-11(8)14)27-16-12(18(23)24)5-9(17(21)22)6-13(16)19(25)26/h2-7H,1H3. The van der Waals surface area contributed by atoms with E-state index in [0.717, 1.165) is 0 Å². The van der Waals surface area contributed by atoms with Crippen LogP contribution >= 0.6 is 0 Å². The number of nitrogens with zero attached hydrogens (tertiary/aromatic N) is 3. The number of ether oxygens (including phenoxy) is 1. The molecule has 12 nitrogen and oxygen atoms in total. The average Bonchev–Trinajstić information content (AvgIpc) is 2.60. The van der Waals surface area contributed by atoms with E-state index in [0.29, 0.717) is 23.1 Å². The summed E-state index contributed by atoms with van der Waals surface area (Å²) >= 11 is 0. The largest absolute Gasteiger partial charge is 0.444 e. The van der Waals surface area contributed by atoms with Gasteiger partial charge < -0.3 is 9.15 Å². The van der Waals surface area contributed by atoms with E-state index in [1.54, 1.807) is 6.92 Å². The maximum absolute atomic E-state index is 11.5. The molecule has 0 radical (unpaired) electrons. The first-order chi connectivity index (χ1) is 13.2. The summed E-state index contributed by atoms with van der Waals surface area (Å²) in [6.07, 6.45) is 0. The van der Waals surface area contributed by atoms with Crippen LogP contribution in [0.15, 0.2) is 45.6 Å². The number of aryl methyl sites for hydroxylation is 1. The second kappa shape index (κ2) is 6.75. The third-order valence-corrected chi connectivity index (χ3v) is 3.78. The van der Waals surface area contributed by atoms with Crippen LogP contribution in [0, 0.1) is 37.3 Å². The highest BCUT2D eigenvalue weighted by Gasteiger charge is 2.32. The van der Waals surface area contributed by atoms with E-state index in [1.165, 1.54) is 24.3 Å². The summed E-state index contributed by atoms with van der Waals surface area (Å²) in [6, 6.07) is 6.50. The van der Waals surface area contributed by atoms with Crippen molar-refractivity contribution in [2.24, 2.45) is 0 Å². The lowest BCUT2D eigenvalue weighted by Crippen LogP contribution is -2.01. The molecule has 0 amide bonds. The van der Waals surface area contributed by atoms with Crippen LogP contribution in [0.2, 0.25) is 0 Å². The molecule has 28 heavy (non-hydrogen) atoms. The molecule has 12 heteroatoms. The van der Waals surface area contributed by atoms with Crippen molar-refractivity contribution in [3.8, 4) is 11.5 Å². The van der Waals surface area contributed by atoms with Crippen LogP contribution in [0.5, 0.6) is 11.5 Å². The van der Waals surface area contributed by atoms with E-state index >= 15 is 0 Å². The molecule has 0 bridgehead atoms. The SMILES string of the molecule is Cc1cc(=O)oc2cc(Oc3c([N+](=O)[O-])cc([N+](=O)[O-])cc3[N+](=O)[O-])ccc12. The average molecular weight is 387 g/mol. The molecule has 0 aliphatic carbocycles. The third-order valence-electron chi connectivity index (χ3n) is 3.78. The quantitative estimate of drug-likeness (QED) is 0.360. The minimum absolute atomic E-state index is 0.0960. The fourth-order valence-electron chi connectivity index (χ4n) is 2.55. The van der Waals surface area contributed by atoms with Gasteiger partial charge in [-0.3, -0.25) is 30.3 Å². The van der Waals surface area contributed by atoms with Crippen molar-refractivity contribution < 1.29 is 23.9 Å². The molecule has 0 saturated carbocycles. The number of benzene rings is 2. The van der Waals surface area contributed by atoms with Crippen molar-refractivity contribution in [3.63, 3.8) is 0 Å². The maximum atomic E-state index is 11.5. The van der Waals surface area contributed by atoms with Crippen LogP contribution in [-0.2, 0) is 0 Å². The van der Waals surface area contributed by atoms with Crippen LogP contribution in [-0.4, -0.2) is 14.8 Å². The summed E-state index contributed by atoms with van der Waals surface area (Å²) in [5, 5.41) is 34.0. The van der Waals surface area contributed by atoms with Gasteiger partial charge >= 0.3 is 17.0 Å². The smallest absolute Gasteiger partial charge is 0.336 e. The predicted molar refractivity (Wildman–Crippen MR) is 93.7 cm³/mol. The van der Waals surface area contributed by atoms with E-state index < -0.39 is 43.2 Å². The molecule has 0 N–H and O–H groups in total. The Balaban J connectivity index is 2.19. The van der Waals surface area contributed by atoms with Gasteiger partial charge in [-0.15, -0.1) is 0 Å². The highest BCUT2D eigenvalue weighted by atomic mass is 16.6. The first kappa shape index (κ1) is 18.4. The number of fused-ring (bicyclic) bond motifs is 1. The Hall–Kier alpha value is -4.35. The lowest BCUT2D eigenvalue weighted by atomic mass is 10.1. The van der Waals surface area contributed by atoms with E-state index in [1.807, 2.05) is 0 Å². The fraction of sp³-hybridized carbons (Fsp3) is 0.0625. The van der Waals surface area contributed by atoms with Gasteiger partial charge in [0.05, 0.1) is 26.9 Å². The lowest BCUT2D eigenvalue weighted by Gasteiger charge is -2.08. The summed E-state index contributed by atoms with van der Waals surface area (Å²) in [6.45, 7) is 1.67. The molecule has 1 aromatic heterocycles. The molecule has 0 spiro atoms. The lowest BCUT2D eigenvalue weighted by molar-refractivity contribution is -0.404. The molecule has 0 fully saturated rings. The molecular formula is C16H9N3O9. The van der Waals surface area contributed by atoms with Gasteiger partial charge in [-0.1, -0.05) is 0 Å². The molecule has 0 atom stereocenters. The fourth-order valence-corrected chi connectivity index (χ4v) is 2.55. The summed E-state index contributed by atoms with van der Waals surface area (Å²) in [7, 11) is 0. The highest BCUT2D eigenvalue weighted by molar-refractivity contribution is 5.81. The normalized spacial score (nSPS) is 10.6. The van der Waals surface area contributed by atoms with Crippen molar-refractivity contribution in [1.29, 1.82) is 0 Å². The minimum Gasteiger partial charge on any atom is -0.444 e. The van der Waals surface area contributed by atoms with Gasteiger partial charge in [0.15, 0.2) is 0 Å². The molecule has 2 aromatic carbocycles. The van der Waals surface area contributed by atoms with E-state index in [4.69, 9.17) is 9.15 Å². The Morgan fingerprint density at radius 2 is 1.50 bits per heavy atom. The van der Waals surface area contributed by atoms with Crippen LogP contribution in [0.3, 0.4) is 0 Å². The zero-order chi connectivity index (χ0) is 20.6. The van der Waals surface area contributed by atoms with Gasteiger partial charge in [-0.25, -0.2) is 4.79 Å². The molecule has 142 valence electrons. The number of hydrogen-bond acceptors (Lipinski definition) is 9. The molecule has 3 rings (SSSR count). The van der Waals surface area contributed by atoms with Gasteiger partial charge in [0.1, 0.15) is 11.3 Å². The van der Waals surface area contributed by atoms with Crippen LogP contribution in [0.1, 0.15) is 5.56 Å². The zero-order valence-corrected chi connectivity index (χ0v) is 14.0. The summed E-state index contributed by atoms with van der Waals surface area (Å²) in [4.78, 5) is 41.9. The van der Waals surface area contributed by atoms with Crippen LogP contribution < -0.4 is 10.4 Å². The predicted octanol–water partition coefficient (Wildman–Crippen LogP) is 3.62. The van der Waals surface area contributed by atoms with Crippen molar-refractivity contribution in [2.75, 3.05) is 0 Å². The van der Waals surface area contributed by atoms with Crippen LogP contribution in [0.25, 0.3) is 11.0 Å². The zero-order valence-electron chi connectivity index (χ0n) is 14.0. The minimum atomic E-state index is -1.03.